The molecule has 2 fully saturated rings. The first-order valence-corrected chi connectivity index (χ1v) is 8.91. The molecule has 0 radical (unpaired) electrons. The molecule has 2 aliphatic rings. The van der Waals surface area contributed by atoms with Crippen LogP contribution in [0.4, 0.5) is 0 Å². The third-order valence-electron chi connectivity index (χ3n) is 4.24. The van der Waals surface area contributed by atoms with Crippen molar-refractivity contribution in [3.8, 4) is 0 Å². The maximum atomic E-state index is 12.5. The van der Waals surface area contributed by atoms with Crippen LogP contribution in [0, 0.1) is 5.92 Å². The van der Waals surface area contributed by atoms with Crippen LogP contribution in [-0.2, 0) is 14.9 Å². The van der Waals surface area contributed by atoms with E-state index in [2.05, 4.69) is 6.92 Å². The lowest BCUT2D eigenvalue weighted by Crippen LogP contribution is -2.50. The highest BCUT2D eigenvalue weighted by Gasteiger charge is 2.34. The Hall–Kier alpha value is -0.210. The van der Waals surface area contributed by atoms with Crippen molar-refractivity contribution in [3.63, 3.8) is 0 Å². The van der Waals surface area contributed by atoms with E-state index in [1.54, 1.807) is 8.61 Å². The highest BCUT2D eigenvalue weighted by Crippen LogP contribution is 2.23. The predicted octanol–water partition coefficient (Wildman–Crippen LogP) is 0.436. The summed E-state index contributed by atoms with van der Waals surface area (Å²) in [7, 11) is -3.29. The van der Waals surface area contributed by atoms with E-state index >= 15 is 0 Å². The van der Waals surface area contributed by atoms with Crippen LogP contribution in [0.15, 0.2) is 0 Å². The SMILES string of the molecule is CC1CCN(S(=O)(=O)N2CCC(OCCO)CC2)CC1. The van der Waals surface area contributed by atoms with Gasteiger partial charge in [0, 0.05) is 26.2 Å². The van der Waals surface area contributed by atoms with E-state index in [1.165, 1.54) is 0 Å². The summed E-state index contributed by atoms with van der Waals surface area (Å²) >= 11 is 0. The summed E-state index contributed by atoms with van der Waals surface area (Å²) in [6.45, 7) is 4.85. The lowest BCUT2D eigenvalue weighted by molar-refractivity contribution is 0.00245. The van der Waals surface area contributed by atoms with Gasteiger partial charge < -0.3 is 9.84 Å². The third kappa shape index (κ3) is 3.92. The summed E-state index contributed by atoms with van der Waals surface area (Å²) in [4.78, 5) is 0. The van der Waals surface area contributed by atoms with Crippen LogP contribution in [0.25, 0.3) is 0 Å². The van der Waals surface area contributed by atoms with Crippen LogP contribution < -0.4 is 0 Å². The van der Waals surface area contributed by atoms with Crippen molar-refractivity contribution in [1.82, 2.24) is 8.61 Å². The second-order valence-electron chi connectivity index (χ2n) is 5.78. The average Bonchev–Trinajstić information content (AvgIpc) is 2.46. The molecule has 0 aromatic carbocycles. The summed E-state index contributed by atoms with van der Waals surface area (Å²) in [5.74, 6) is 0.624. The first kappa shape index (κ1) is 16.2. The van der Waals surface area contributed by atoms with Gasteiger partial charge in [0.15, 0.2) is 0 Å². The number of ether oxygens (including phenoxy) is 1. The third-order valence-corrected chi connectivity index (χ3v) is 6.28. The number of hydrogen-bond acceptors (Lipinski definition) is 4. The Morgan fingerprint density at radius 1 is 1.05 bits per heavy atom. The monoisotopic (exact) mass is 306 g/mol. The number of aliphatic hydroxyl groups is 1. The van der Waals surface area contributed by atoms with Crippen LogP contribution in [0.5, 0.6) is 0 Å². The minimum absolute atomic E-state index is 0.0183. The molecule has 1 N–H and O–H groups in total. The Kier molecular flexibility index (Phi) is 5.80. The van der Waals surface area contributed by atoms with Crippen molar-refractivity contribution in [2.45, 2.75) is 38.7 Å². The van der Waals surface area contributed by atoms with E-state index in [1.807, 2.05) is 0 Å². The van der Waals surface area contributed by atoms with Gasteiger partial charge in [0.25, 0.3) is 10.2 Å². The quantitative estimate of drug-likeness (QED) is 0.800. The van der Waals surface area contributed by atoms with Gasteiger partial charge in [0.1, 0.15) is 0 Å². The summed E-state index contributed by atoms with van der Waals surface area (Å²) in [5, 5.41) is 8.73. The molecule has 2 heterocycles. The molecule has 0 atom stereocenters. The van der Waals surface area contributed by atoms with Gasteiger partial charge in [-0.3, -0.25) is 0 Å². The number of rotatable bonds is 5. The lowest BCUT2D eigenvalue weighted by Gasteiger charge is -2.37. The number of piperidine rings is 2. The Morgan fingerprint density at radius 3 is 2.05 bits per heavy atom. The van der Waals surface area contributed by atoms with Crippen LogP contribution in [0.2, 0.25) is 0 Å². The molecule has 6 nitrogen and oxygen atoms in total. The molecule has 2 saturated heterocycles. The van der Waals surface area contributed by atoms with Gasteiger partial charge in [-0.15, -0.1) is 0 Å². The van der Waals surface area contributed by atoms with E-state index < -0.39 is 10.2 Å². The van der Waals surface area contributed by atoms with Crippen molar-refractivity contribution in [1.29, 1.82) is 0 Å². The topological polar surface area (TPSA) is 70.1 Å². The van der Waals surface area contributed by atoms with Crippen LogP contribution in [0.3, 0.4) is 0 Å². The summed E-state index contributed by atoms with van der Waals surface area (Å²) in [5.41, 5.74) is 0. The Bertz CT molecular complexity index is 385. The molecule has 0 spiro atoms. The largest absolute Gasteiger partial charge is 0.394 e. The van der Waals surface area contributed by atoms with E-state index in [-0.39, 0.29) is 12.7 Å². The van der Waals surface area contributed by atoms with Crippen molar-refractivity contribution in [2.75, 3.05) is 39.4 Å². The summed E-state index contributed by atoms with van der Waals surface area (Å²) in [6.07, 6.45) is 3.41. The molecule has 0 saturated carbocycles. The second-order valence-corrected chi connectivity index (χ2v) is 7.71. The van der Waals surface area contributed by atoms with Gasteiger partial charge in [0.2, 0.25) is 0 Å². The van der Waals surface area contributed by atoms with E-state index in [9.17, 15) is 8.42 Å². The fourth-order valence-electron chi connectivity index (χ4n) is 2.83. The fraction of sp³-hybridized carbons (Fsp3) is 1.00. The molecular weight excluding hydrogens is 280 g/mol. The van der Waals surface area contributed by atoms with Gasteiger partial charge in [0.05, 0.1) is 19.3 Å². The summed E-state index contributed by atoms with van der Waals surface area (Å²) < 4.78 is 33.8. The number of aliphatic hydroxyl groups excluding tert-OH is 1. The Morgan fingerprint density at radius 2 is 1.55 bits per heavy atom. The zero-order chi connectivity index (χ0) is 14.6. The van der Waals surface area contributed by atoms with Crippen LogP contribution >= 0.6 is 0 Å². The molecule has 0 amide bonds. The van der Waals surface area contributed by atoms with Crippen LogP contribution in [-0.4, -0.2) is 67.6 Å². The average molecular weight is 306 g/mol. The number of hydrogen-bond donors (Lipinski definition) is 1. The van der Waals surface area contributed by atoms with Crippen molar-refractivity contribution in [3.05, 3.63) is 0 Å². The molecule has 118 valence electrons. The highest BCUT2D eigenvalue weighted by atomic mass is 32.2. The molecule has 0 unspecified atom stereocenters. The maximum Gasteiger partial charge on any atom is 0.281 e. The molecule has 0 bridgehead atoms. The van der Waals surface area contributed by atoms with E-state index in [4.69, 9.17) is 9.84 Å². The van der Waals surface area contributed by atoms with E-state index in [0.29, 0.717) is 51.5 Å². The van der Waals surface area contributed by atoms with Crippen molar-refractivity contribution >= 4 is 10.2 Å². The Labute approximate surface area is 121 Å². The second kappa shape index (κ2) is 7.17. The van der Waals surface area contributed by atoms with Gasteiger partial charge in [-0.1, -0.05) is 6.92 Å². The minimum atomic E-state index is -3.29. The molecule has 20 heavy (non-hydrogen) atoms. The molecule has 2 rings (SSSR count). The first-order chi connectivity index (χ1) is 9.54. The molecule has 0 aromatic rings. The van der Waals surface area contributed by atoms with Gasteiger partial charge in [-0.05, 0) is 31.6 Å². The molecule has 0 aromatic heterocycles. The summed E-state index contributed by atoms with van der Waals surface area (Å²) in [6, 6.07) is 0. The number of nitrogens with zero attached hydrogens (tertiary/aromatic N) is 2. The molecule has 2 aliphatic heterocycles. The van der Waals surface area contributed by atoms with Gasteiger partial charge in [-0.2, -0.15) is 17.0 Å². The Balaban J connectivity index is 1.85. The smallest absolute Gasteiger partial charge is 0.281 e. The highest BCUT2D eigenvalue weighted by molar-refractivity contribution is 7.86. The van der Waals surface area contributed by atoms with Gasteiger partial charge >= 0.3 is 0 Å². The zero-order valence-corrected chi connectivity index (χ0v) is 13.0. The molecular formula is C13H26N2O4S. The van der Waals surface area contributed by atoms with Gasteiger partial charge in [-0.25, -0.2) is 0 Å². The normalized spacial score (nSPS) is 25.1. The lowest BCUT2D eigenvalue weighted by atomic mass is 10.0. The van der Waals surface area contributed by atoms with Crippen LogP contribution in [0.1, 0.15) is 32.6 Å². The fourth-order valence-corrected chi connectivity index (χ4v) is 4.50. The molecule has 7 heteroatoms. The standard InChI is InChI=1S/C13H26N2O4S/c1-12-2-6-14(7-3-12)20(17,18)15-8-4-13(5-9-15)19-11-10-16/h12-13,16H,2-11H2,1H3. The van der Waals surface area contributed by atoms with Crippen molar-refractivity contribution < 1.29 is 18.3 Å². The van der Waals surface area contributed by atoms with E-state index in [0.717, 1.165) is 12.8 Å². The first-order valence-electron chi connectivity index (χ1n) is 7.51. The zero-order valence-electron chi connectivity index (χ0n) is 12.2. The molecule has 0 aliphatic carbocycles. The minimum Gasteiger partial charge on any atom is -0.394 e. The van der Waals surface area contributed by atoms with Crippen molar-refractivity contribution in [2.24, 2.45) is 5.92 Å². The maximum absolute atomic E-state index is 12.5. The predicted molar refractivity (Wildman–Crippen MR) is 76.5 cm³/mol.